The lowest BCUT2D eigenvalue weighted by atomic mass is 10.2. The third kappa shape index (κ3) is 6.33. The first-order valence-electron chi connectivity index (χ1n) is 9.84. The largest absolute Gasteiger partial charge is 0.490 e. The second kappa shape index (κ2) is 11.3. The Morgan fingerprint density at radius 3 is 2.50 bits per heavy atom. The summed E-state index contributed by atoms with van der Waals surface area (Å²) in [5.41, 5.74) is 3.01. The Morgan fingerprint density at radius 1 is 1.03 bits per heavy atom. The molecule has 0 aliphatic rings. The first kappa shape index (κ1) is 24.7. The highest BCUT2D eigenvalue weighted by Crippen LogP contribution is 2.37. The van der Waals surface area contributed by atoms with E-state index in [1.54, 1.807) is 24.3 Å². The molecule has 176 valence electrons. The van der Waals surface area contributed by atoms with Crippen molar-refractivity contribution in [3.63, 3.8) is 0 Å². The van der Waals surface area contributed by atoms with E-state index >= 15 is 0 Å². The highest BCUT2D eigenvalue weighted by molar-refractivity contribution is 6.32. The fourth-order valence-electron chi connectivity index (χ4n) is 2.90. The zero-order valence-corrected chi connectivity index (χ0v) is 19.2. The van der Waals surface area contributed by atoms with Gasteiger partial charge in [-0.15, -0.1) is 0 Å². The molecule has 0 aliphatic carbocycles. The van der Waals surface area contributed by atoms with E-state index < -0.39 is 21.2 Å². The summed E-state index contributed by atoms with van der Waals surface area (Å²) in [5.74, 6) is 0.736. The van der Waals surface area contributed by atoms with Gasteiger partial charge in [0.15, 0.2) is 11.5 Å². The van der Waals surface area contributed by atoms with Crippen molar-refractivity contribution in [2.24, 2.45) is 5.10 Å². The van der Waals surface area contributed by atoms with Gasteiger partial charge in [-0.25, -0.2) is 0 Å². The molecule has 3 aromatic rings. The van der Waals surface area contributed by atoms with Gasteiger partial charge in [0, 0.05) is 11.1 Å². The number of rotatable bonds is 10. The molecule has 0 saturated carbocycles. The predicted octanol–water partition coefficient (Wildman–Crippen LogP) is 6.23. The van der Waals surface area contributed by atoms with E-state index in [4.69, 9.17) is 32.7 Å². The molecule has 3 aromatic carbocycles. The van der Waals surface area contributed by atoms with Gasteiger partial charge in [-0.05, 0) is 48.4 Å². The number of hydrogen-bond donors (Lipinski definition) is 1. The molecule has 10 nitrogen and oxygen atoms in total. The first-order chi connectivity index (χ1) is 16.3. The fraction of sp³-hybridized carbons (Fsp3) is 0.136. The van der Waals surface area contributed by atoms with Crippen LogP contribution in [0, 0.1) is 20.2 Å². The number of nitrogens with zero attached hydrogens (tertiary/aromatic N) is 3. The molecular formula is C22H18Cl2N4O6. The van der Waals surface area contributed by atoms with E-state index in [9.17, 15) is 20.2 Å². The lowest BCUT2D eigenvalue weighted by molar-refractivity contribution is -0.393. The van der Waals surface area contributed by atoms with Crippen molar-refractivity contribution >= 4 is 46.5 Å². The minimum Gasteiger partial charge on any atom is -0.490 e. The normalized spacial score (nSPS) is 10.8. The molecular weight excluding hydrogens is 487 g/mol. The molecule has 0 radical (unpaired) electrons. The standard InChI is InChI=1S/C22H18Cl2N4O6/c1-2-33-21-10-15(9-18(24)22(21)34-13-14-4-3-5-16(23)8-14)12-25-26-19-7-6-17(27(29)30)11-20(19)28(31)32/h3-12,26H,2,13H2,1H3/b25-12+. The number of nitro benzene ring substituents is 2. The molecule has 0 saturated heterocycles. The monoisotopic (exact) mass is 504 g/mol. The molecule has 3 rings (SSSR count). The van der Waals surface area contributed by atoms with E-state index in [-0.39, 0.29) is 17.3 Å². The average molecular weight is 505 g/mol. The smallest absolute Gasteiger partial charge is 0.301 e. The van der Waals surface area contributed by atoms with Crippen LogP contribution in [0.15, 0.2) is 59.7 Å². The van der Waals surface area contributed by atoms with Crippen LogP contribution in [0.25, 0.3) is 0 Å². The van der Waals surface area contributed by atoms with Gasteiger partial charge in [0.2, 0.25) is 0 Å². The Hall–Kier alpha value is -3.89. The molecule has 0 spiro atoms. The number of halogens is 2. The van der Waals surface area contributed by atoms with Gasteiger partial charge in [0.25, 0.3) is 5.69 Å². The molecule has 0 bridgehead atoms. The van der Waals surface area contributed by atoms with Crippen LogP contribution in [0.1, 0.15) is 18.1 Å². The Kier molecular flexibility index (Phi) is 8.23. The van der Waals surface area contributed by atoms with E-state index in [0.717, 1.165) is 17.7 Å². The summed E-state index contributed by atoms with van der Waals surface area (Å²) in [7, 11) is 0. The van der Waals surface area contributed by atoms with Crippen molar-refractivity contribution in [2.75, 3.05) is 12.0 Å². The maximum absolute atomic E-state index is 11.2. The van der Waals surface area contributed by atoms with Crippen LogP contribution in [0.3, 0.4) is 0 Å². The van der Waals surface area contributed by atoms with Crippen molar-refractivity contribution in [3.8, 4) is 11.5 Å². The van der Waals surface area contributed by atoms with Crippen LogP contribution in [0.2, 0.25) is 10.0 Å². The van der Waals surface area contributed by atoms with Crippen LogP contribution in [0.5, 0.6) is 11.5 Å². The summed E-state index contributed by atoms with van der Waals surface area (Å²) in [4.78, 5) is 20.7. The summed E-state index contributed by atoms with van der Waals surface area (Å²) in [5, 5.41) is 27.0. The Balaban J connectivity index is 1.80. The van der Waals surface area contributed by atoms with Crippen molar-refractivity contribution in [1.29, 1.82) is 0 Å². The Morgan fingerprint density at radius 2 is 1.82 bits per heavy atom. The topological polar surface area (TPSA) is 129 Å². The van der Waals surface area contributed by atoms with Crippen molar-refractivity contribution in [2.45, 2.75) is 13.5 Å². The lowest BCUT2D eigenvalue weighted by Gasteiger charge is -2.14. The zero-order valence-electron chi connectivity index (χ0n) is 17.7. The number of nitrogens with one attached hydrogen (secondary N) is 1. The Bertz CT molecular complexity index is 1250. The maximum Gasteiger partial charge on any atom is 0.301 e. The van der Waals surface area contributed by atoms with Gasteiger partial charge in [0.1, 0.15) is 12.3 Å². The molecule has 12 heteroatoms. The molecule has 34 heavy (non-hydrogen) atoms. The van der Waals surface area contributed by atoms with E-state index in [1.807, 2.05) is 19.1 Å². The van der Waals surface area contributed by atoms with Gasteiger partial charge in [0.05, 0.1) is 33.8 Å². The molecule has 0 heterocycles. The van der Waals surface area contributed by atoms with E-state index in [1.165, 1.54) is 12.3 Å². The van der Waals surface area contributed by atoms with Crippen LogP contribution >= 0.6 is 23.2 Å². The summed E-state index contributed by atoms with van der Waals surface area (Å²) >= 11 is 12.4. The van der Waals surface area contributed by atoms with Crippen LogP contribution < -0.4 is 14.9 Å². The number of non-ortho nitro benzene ring substituents is 1. The third-order valence-corrected chi connectivity index (χ3v) is 4.91. The zero-order chi connectivity index (χ0) is 24.7. The number of ether oxygens (including phenoxy) is 2. The van der Waals surface area contributed by atoms with Crippen LogP contribution in [-0.2, 0) is 6.61 Å². The first-order valence-corrected chi connectivity index (χ1v) is 10.6. The van der Waals surface area contributed by atoms with Crippen molar-refractivity contribution in [3.05, 3.63) is 96.0 Å². The summed E-state index contributed by atoms with van der Waals surface area (Å²) in [6.07, 6.45) is 1.38. The number of hydrogen-bond acceptors (Lipinski definition) is 8. The van der Waals surface area contributed by atoms with Gasteiger partial charge in [-0.2, -0.15) is 5.10 Å². The molecule has 0 amide bonds. The summed E-state index contributed by atoms with van der Waals surface area (Å²) < 4.78 is 11.5. The molecule has 0 aliphatic heterocycles. The van der Waals surface area contributed by atoms with Gasteiger partial charge in [-0.3, -0.25) is 25.7 Å². The summed E-state index contributed by atoms with van der Waals surface area (Å²) in [6.45, 7) is 2.39. The Labute approximate surface area is 204 Å². The summed E-state index contributed by atoms with van der Waals surface area (Å²) in [6, 6.07) is 13.7. The fourth-order valence-corrected chi connectivity index (χ4v) is 3.39. The number of benzene rings is 3. The van der Waals surface area contributed by atoms with Gasteiger partial charge >= 0.3 is 5.69 Å². The lowest BCUT2D eigenvalue weighted by Crippen LogP contribution is -2.02. The van der Waals surface area contributed by atoms with Gasteiger partial charge < -0.3 is 9.47 Å². The minimum absolute atomic E-state index is 0.00976. The molecule has 0 fully saturated rings. The third-order valence-electron chi connectivity index (χ3n) is 4.39. The van der Waals surface area contributed by atoms with E-state index in [2.05, 4.69) is 10.5 Å². The molecule has 0 aromatic heterocycles. The highest BCUT2D eigenvalue weighted by atomic mass is 35.5. The maximum atomic E-state index is 11.2. The number of nitro groups is 2. The minimum atomic E-state index is -0.735. The van der Waals surface area contributed by atoms with Crippen LogP contribution in [0.4, 0.5) is 17.1 Å². The molecule has 0 unspecified atom stereocenters. The van der Waals surface area contributed by atoms with E-state index in [0.29, 0.717) is 28.7 Å². The quantitative estimate of drug-likeness (QED) is 0.196. The SMILES string of the molecule is CCOc1cc(/C=N/Nc2ccc([N+](=O)[O-])cc2[N+](=O)[O-])cc(Cl)c1OCc1cccc(Cl)c1. The van der Waals surface area contributed by atoms with Crippen molar-refractivity contribution < 1.29 is 19.3 Å². The van der Waals surface area contributed by atoms with Crippen molar-refractivity contribution in [1.82, 2.24) is 0 Å². The van der Waals surface area contributed by atoms with Crippen LogP contribution in [-0.4, -0.2) is 22.7 Å². The second-order valence-electron chi connectivity index (χ2n) is 6.77. The highest BCUT2D eigenvalue weighted by Gasteiger charge is 2.19. The molecule has 1 N–H and O–H groups in total. The number of hydrazone groups is 1. The second-order valence-corrected chi connectivity index (χ2v) is 7.61. The average Bonchev–Trinajstić information content (AvgIpc) is 2.78. The van der Waals surface area contributed by atoms with Gasteiger partial charge in [-0.1, -0.05) is 35.3 Å². The molecule has 0 atom stereocenters. The number of anilines is 1. The predicted molar refractivity (Wildman–Crippen MR) is 129 cm³/mol.